The van der Waals surface area contributed by atoms with Gasteiger partial charge in [0.1, 0.15) is 0 Å². The fraction of sp³-hybridized carbons (Fsp3) is 0.0222. The van der Waals surface area contributed by atoms with E-state index in [0.29, 0.717) is 15.1 Å². The summed E-state index contributed by atoms with van der Waals surface area (Å²) in [6, 6.07) is 40.7. The summed E-state index contributed by atoms with van der Waals surface area (Å²) in [7, 11) is 0. The number of H-pyrrole nitrogens is 2. The maximum atomic E-state index is 6.38. The molecule has 9 rings (SSSR count). The third kappa shape index (κ3) is 5.95. The Kier molecular flexibility index (Phi) is 8.16. The van der Waals surface area contributed by atoms with Gasteiger partial charge in [0.15, 0.2) is 0 Å². The highest BCUT2D eigenvalue weighted by atomic mass is 35.5. The third-order valence-corrected chi connectivity index (χ3v) is 10.2. The summed E-state index contributed by atoms with van der Waals surface area (Å²) in [5, 5.41) is 2.01. The van der Waals surface area contributed by atoms with E-state index in [1.165, 1.54) is 5.56 Å². The van der Waals surface area contributed by atoms with Crippen LogP contribution in [-0.2, 0) is 0 Å². The number of nitrogens with one attached hydrogen (secondary N) is 2. The fourth-order valence-electron chi connectivity index (χ4n) is 6.99. The van der Waals surface area contributed by atoms with E-state index in [4.69, 9.17) is 44.8 Å². The number of halogens is 3. The summed E-state index contributed by atoms with van der Waals surface area (Å²) in [6.07, 6.45) is 8.35. The van der Waals surface area contributed by atoms with Crippen molar-refractivity contribution < 1.29 is 0 Å². The Morgan fingerprint density at radius 1 is 0.346 bits per heavy atom. The molecule has 0 saturated carbocycles. The monoisotopic (exact) mass is 730 g/mol. The largest absolute Gasteiger partial charge is 0.354 e. The zero-order valence-corrected chi connectivity index (χ0v) is 30.2. The predicted octanol–water partition coefficient (Wildman–Crippen LogP) is 13.6. The van der Waals surface area contributed by atoms with Crippen LogP contribution in [0.25, 0.3) is 90.9 Å². The lowest BCUT2D eigenvalue weighted by atomic mass is 10.0. The molecule has 8 bridgehead atoms. The van der Waals surface area contributed by atoms with E-state index in [0.717, 1.165) is 89.4 Å². The molecule has 0 amide bonds. The molecule has 2 aliphatic heterocycles. The van der Waals surface area contributed by atoms with Crippen molar-refractivity contribution in [2.45, 2.75) is 6.92 Å². The summed E-state index contributed by atoms with van der Waals surface area (Å²) in [5.41, 5.74) is 16.1. The molecule has 7 heteroatoms. The Labute approximate surface area is 315 Å². The predicted molar refractivity (Wildman–Crippen MR) is 220 cm³/mol. The Bertz CT molecular complexity index is 2360. The molecule has 52 heavy (non-hydrogen) atoms. The van der Waals surface area contributed by atoms with Crippen molar-refractivity contribution in [3.8, 4) is 44.5 Å². The maximum absolute atomic E-state index is 6.38. The van der Waals surface area contributed by atoms with Crippen LogP contribution in [0.1, 0.15) is 28.3 Å². The van der Waals surface area contributed by atoms with Gasteiger partial charge in [0.2, 0.25) is 0 Å². The Balaban J connectivity index is 1.47. The highest BCUT2D eigenvalue weighted by molar-refractivity contribution is 6.31. The van der Waals surface area contributed by atoms with E-state index in [2.05, 4.69) is 89.7 Å². The summed E-state index contributed by atoms with van der Waals surface area (Å²) in [4.78, 5) is 18.2. The van der Waals surface area contributed by atoms with E-state index in [1.807, 2.05) is 72.8 Å². The number of benzene rings is 4. The van der Waals surface area contributed by atoms with Crippen LogP contribution < -0.4 is 0 Å². The minimum absolute atomic E-state index is 0.667. The van der Waals surface area contributed by atoms with E-state index >= 15 is 0 Å². The fourth-order valence-corrected chi connectivity index (χ4v) is 7.37. The van der Waals surface area contributed by atoms with Crippen molar-refractivity contribution >= 4 is 81.2 Å². The number of nitrogens with zero attached hydrogens (tertiary/aromatic N) is 2. The molecule has 0 aliphatic carbocycles. The minimum Gasteiger partial charge on any atom is -0.354 e. The zero-order valence-electron chi connectivity index (χ0n) is 27.9. The number of aromatic nitrogens is 4. The van der Waals surface area contributed by atoms with E-state index < -0.39 is 0 Å². The molecular formula is C45H29Cl3N4. The van der Waals surface area contributed by atoms with Gasteiger partial charge in [0.05, 0.1) is 22.8 Å². The standard InChI is InChI=1S/C45H29Cl3N4/c1-26-2-4-27(5-3-26)42-34-18-20-36(49-34)43(28-6-12-31(46)13-7-28)38-22-24-40(51-38)45(30-10-16-33(48)17-11-30)41-25-23-39(52-41)44(37-21-19-35(42)50-37)29-8-14-32(47)15-9-29/h2-25,49,52H,1H3. The van der Waals surface area contributed by atoms with Crippen molar-refractivity contribution in [1.82, 2.24) is 19.9 Å². The molecule has 0 radical (unpaired) electrons. The SMILES string of the molecule is Cc1ccc(-c2c3nc(c(-c4ccc(Cl)cc4)c4ccc([nH]4)c(-c4ccc(Cl)cc4)c4nc(c(-c5ccc(Cl)cc5)c5ccc2[nH]5)C=C4)C=C3)cc1. The van der Waals surface area contributed by atoms with Gasteiger partial charge in [0.25, 0.3) is 0 Å². The van der Waals surface area contributed by atoms with Gasteiger partial charge >= 0.3 is 0 Å². The van der Waals surface area contributed by atoms with E-state index in [1.54, 1.807) is 0 Å². The molecule has 0 atom stereocenters. The summed E-state index contributed by atoms with van der Waals surface area (Å²) in [5.74, 6) is 0. The smallest absolute Gasteiger partial charge is 0.0737 e. The highest BCUT2D eigenvalue weighted by Gasteiger charge is 2.19. The zero-order chi connectivity index (χ0) is 35.3. The first-order valence-corrected chi connectivity index (χ1v) is 18.0. The van der Waals surface area contributed by atoms with Crippen molar-refractivity contribution in [3.63, 3.8) is 0 Å². The van der Waals surface area contributed by atoms with Gasteiger partial charge in [-0.25, -0.2) is 9.97 Å². The Morgan fingerprint density at radius 2 is 0.596 bits per heavy atom. The number of hydrogen-bond donors (Lipinski definition) is 2. The summed E-state index contributed by atoms with van der Waals surface area (Å²) >= 11 is 19.1. The molecule has 2 aliphatic rings. The molecule has 5 heterocycles. The molecular weight excluding hydrogens is 703 g/mol. The molecule has 250 valence electrons. The van der Waals surface area contributed by atoms with Crippen LogP contribution in [0.3, 0.4) is 0 Å². The number of rotatable bonds is 4. The van der Waals surface area contributed by atoms with Crippen molar-refractivity contribution in [1.29, 1.82) is 0 Å². The van der Waals surface area contributed by atoms with Gasteiger partial charge in [-0.05, 0) is 114 Å². The lowest BCUT2D eigenvalue weighted by molar-refractivity contribution is 1.31. The average molecular weight is 732 g/mol. The van der Waals surface area contributed by atoms with Crippen LogP contribution in [0, 0.1) is 6.92 Å². The number of hydrogen-bond acceptors (Lipinski definition) is 2. The second-order valence-corrected chi connectivity index (χ2v) is 14.2. The first-order chi connectivity index (χ1) is 25.4. The quantitative estimate of drug-likeness (QED) is 0.189. The van der Waals surface area contributed by atoms with E-state index in [-0.39, 0.29) is 0 Å². The second-order valence-electron chi connectivity index (χ2n) is 12.9. The Morgan fingerprint density at radius 3 is 0.865 bits per heavy atom. The van der Waals surface area contributed by atoms with Crippen molar-refractivity contribution in [2.24, 2.45) is 0 Å². The molecule has 0 spiro atoms. The van der Waals surface area contributed by atoms with Crippen LogP contribution in [0.5, 0.6) is 0 Å². The average Bonchev–Trinajstić information content (AvgIpc) is 3.99. The van der Waals surface area contributed by atoms with Crippen molar-refractivity contribution in [2.75, 3.05) is 0 Å². The number of aromatic amines is 2. The molecule has 2 N–H and O–H groups in total. The van der Waals surface area contributed by atoms with Gasteiger partial charge in [-0.15, -0.1) is 0 Å². The molecule has 7 aromatic rings. The molecule has 0 fully saturated rings. The van der Waals surface area contributed by atoms with Crippen LogP contribution >= 0.6 is 34.8 Å². The lowest BCUT2D eigenvalue weighted by Crippen LogP contribution is -1.90. The van der Waals surface area contributed by atoms with Gasteiger partial charge in [-0.2, -0.15) is 0 Å². The first kappa shape index (κ1) is 32.3. The second kappa shape index (κ2) is 13.2. The van der Waals surface area contributed by atoms with Crippen LogP contribution in [0.2, 0.25) is 15.1 Å². The van der Waals surface area contributed by atoms with Crippen LogP contribution in [-0.4, -0.2) is 19.9 Å². The molecule has 0 unspecified atom stereocenters. The Hall–Kier alpha value is -5.65. The maximum Gasteiger partial charge on any atom is 0.0737 e. The van der Waals surface area contributed by atoms with E-state index in [9.17, 15) is 0 Å². The van der Waals surface area contributed by atoms with Gasteiger partial charge in [-0.3, -0.25) is 0 Å². The van der Waals surface area contributed by atoms with Crippen LogP contribution in [0.15, 0.2) is 121 Å². The van der Waals surface area contributed by atoms with Gasteiger partial charge in [0, 0.05) is 59.4 Å². The van der Waals surface area contributed by atoms with Gasteiger partial charge in [-0.1, -0.05) is 101 Å². The van der Waals surface area contributed by atoms with Crippen molar-refractivity contribution in [3.05, 3.63) is 165 Å². The topological polar surface area (TPSA) is 57.4 Å². The number of aryl methyl sites for hydroxylation is 1. The number of fused-ring (bicyclic) bond motifs is 8. The lowest BCUT2D eigenvalue weighted by Gasteiger charge is -2.07. The normalized spacial score (nSPS) is 12.1. The van der Waals surface area contributed by atoms with Gasteiger partial charge < -0.3 is 9.97 Å². The molecule has 4 nitrogen and oxygen atoms in total. The molecule has 3 aromatic heterocycles. The summed E-state index contributed by atoms with van der Waals surface area (Å²) in [6.45, 7) is 2.10. The highest BCUT2D eigenvalue weighted by Crippen LogP contribution is 2.39. The minimum atomic E-state index is 0.667. The molecule has 4 aromatic carbocycles. The first-order valence-electron chi connectivity index (χ1n) is 16.9. The molecule has 0 saturated heterocycles. The summed E-state index contributed by atoms with van der Waals surface area (Å²) < 4.78 is 0. The van der Waals surface area contributed by atoms with Crippen LogP contribution in [0.4, 0.5) is 0 Å². The third-order valence-electron chi connectivity index (χ3n) is 9.49.